The predicted molar refractivity (Wildman–Crippen MR) is 62.1 cm³/mol. The summed E-state index contributed by atoms with van der Waals surface area (Å²) in [5.41, 5.74) is 0.467. The Kier molecular flexibility index (Phi) is 2.89. The number of rotatable bonds is 3. The minimum atomic E-state index is -0.591. The lowest BCUT2D eigenvalue weighted by Gasteiger charge is -2.03. The molecular formula is C10H8N6O2. The van der Waals surface area contributed by atoms with Crippen LogP contribution in [0, 0.1) is 21.4 Å². The van der Waals surface area contributed by atoms with Gasteiger partial charge in [-0.15, -0.1) is 0 Å². The fraction of sp³-hybridized carbons (Fsp3) is 0.100. The second-order valence-electron chi connectivity index (χ2n) is 3.49. The van der Waals surface area contributed by atoms with E-state index in [2.05, 4.69) is 15.4 Å². The lowest BCUT2D eigenvalue weighted by Crippen LogP contribution is -1.99. The van der Waals surface area contributed by atoms with E-state index in [1.54, 1.807) is 24.0 Å². The van der Waals surface area contributed by atoms with Crippen molar-refractivity contribution < 1.29 is 4.92 Å². The number of nitro groups is 1. The molecule has 2 heterocycles. The summed E-state index contributed by atoms with van der Waals surface area (Å²) in [5, 5.41) is 26.3. The molecule has 0 atom stereocenters. The van der Waals surface area contributed by atoms with Crippen LogP contribution in [0.25, 0.3) is 0 Å². The average Bonchev–Trinajstić information content (AvgIpc) is 2.75. The number of hydrogen-bond acceptors (Lipinski definition) is 6. The molecule has 0 saturated heterocycles. The molecule has 0 aliphatic heterocycles. The van der Waals surface area contributed by atoms with Crippen molar-refractivity contribution in [2.45, 2.75) is 0 Å². The summed E-state index contributed by atoms with van der Waals surface area (Å²) in [4.78, 5) is 14.2. The van der Waals surface area contributed by atoms with Crippen LogP contribution in [0.3, 0.4) is 0 Å². The molecule has 2 aromatic heterocycles. The van der Waals surface area contributed by atoms with E-state index < -0.39 is 4.92 Å². The second-order valence-corrected chi connectivity index (χ2v) is 3.49. The average molecular weight is 244 g/mol. The molecule has 18 heavy (non-hydrogen) atoms. The summed E-state index contributed by atoms with van der Waals surface area (Å²) >= 11 is 0. The van der Waals surface area contributed by atoms with Gasteiger partial charge in [-0.2, -0.15) is 10.4 Å². The largest absolute Gasteiger partial charge is 0.332 e. The number of aryl methyl sites for hydroxylation is 1. The van der Waals surface area contributed by atoms with Gasteiger partial charge >= 0.3 is 5.69 Å². The normalized spacial score (nSPS) is 9.78. The molecule has 0 bridgehead atoms. The SMILES string of the molecule is Cn1cc(Nc2ncc(C#N)cc2[N+](=O)[O-])cn1. The molecule has 0 saturated carbocycles. The summed E-state index contributed by atoms with van der Waals surface area (Å²) < 4.78 is 1.55. The molecule has 0 amide bonds. The van der Waals surface area contributed by atoms with Gasteiger partial charge < -0.3 is 5.32 Å². The van der Waals surface area contributed by atoms with Gasteiger partial charge in [-0.25, -0.2) is 4.98 Å². The van der Waals surface area contributed by atoms with Gasteiger partial charge in [-0.1, -0.05) is 0 Å². The van der Waals surface area contributed by atoms with E-state index >= 15 is 0 Å². The first-order valence-electron chi connectivity index (χ1n) is 4.90. The fourth-order valence-corrected chi connectivity index (χ4v) is 1.37. The number of anilines is 2. The molecule has 0 aliphatic rings. The van der Waals surface area contributed by atoms with E-state index in [1.165, 1.54) is 18.5 Å². The maximum Gasteiger partial charge on any atom is 0.313 e. The number of pyridine rings is 1. The number of nitrogens with zero attached hydrogens (tertiary/aromatic N) is 5. The van der Waals surface area contributed by atoms with E-state index in [-0.39, 0.29) is 17.1 Å². The number of nitriles is 1. The maximum atomic E-state index is 10.9. The van der Waals surface area contributed by atoms with Crippen molar-refractivity contribution in [2.24, 2.45) is 7.05 Å². The number of nitrogens with one attached hydrogen (secondary N) is 1. The highest BCUT2D eigenvalue weighted by Gasteiger charge is 2.16. The van der Waals surface area contributed by atoms with Gasteiger partial charge in [0.1, 0.15) is 6.07 Å². The molecular weight excluding hydrogens is 236 g/mol. The predicted octanol–water partition coefficient (Wildman–Crippen LogP) is 1.34. The number of aromatic nitrogens is 3. The van der Waals surface area contributed by atoms with Gasteiger partial charge in [0.25, 0.3) is 0 Å². The molecule has 90 valence electrons. The quantitative estimate of drug-likeness (QED) is 0.644. The molecule has 0 fully saturated rings. The topological polar surface area (TPSA) is 110 Å². The van der Waals surface area contributed by atoms with Crippen LogP contribution in [0.2, 0.25) is 0 Å². The lowest BCUT2D eigenvalue weighted by atomic mass is 10.2. The first-order chi connectivity index (χ1) is 8.60. The monoisotopic (exact) mass is 244 g/mol. The van der Waals surface area contributed by atoms with E-state index in [1.807, 2.05) is 0 Å². The van der Waals surface area contributed by atoms with Crippen LogP contribution in [0.1, 0.15) is 5.56 Å². The van der Waals surface area contributed by atoms with Gasteiger partial charge in [0.15, 0.2) is 0 Å². The van der Waals surface area contributed by atoms with Crippen LogP contribution in [-0.4, -0.2) is 19.7 Å². The standard InChI is InChI=1S/C10H8N6O2/c1-15-6-8(5-13-15)14-10-9(16(17)18)2-7(3-11)4-12-10/h2,4-6H,1H3,(H,12,14). The third kappa shape index (κ3) is 2.25. The zero-order valence-corrected chi connectivity index (χ0v) is 9.36. The van der Waals surface area contributed by atoms with Crippen molar-refractivity contribution in [3.05, 3.63) is 40.3 Å². The second kappa shape index (κ2) is 4.50. The van der Waals surface area contributed by atoms with Crippen molar-refractivity contribution in [3.8, 4) is 6.07 Å². The minimum absolute atomic E-state index is 0.0759. The highest BCUT2D eigenvalue weighted by molar-refractivity contribution is 5.65. The van der Waals surface area contributed by atoms with Gasteiger partial charge in [0.05, 0.1) is 22.4 Å². The minimum Gasteiger partial charge on any atom is -0.332 e. The van der Waals surface area contributed by atoms with Gasteiger partial charge in [0, 0.05) is 25.5 Å². The molecule has 8 nitrogen and oxygen atoms in total. The third-order valence-electron chi connectivity index (χ3n) is 2.16. The number of hydrogen-bond donors (Lipinski definition) is 1. The molecule has 0 aromatic carbocycles. The summed E-state index contributed by atoms with van der Waals surface area (Å²) in [6, 6.07) is 2.98. The Bertz CT molecular complexity index is 642. The van der Waals surface area contributed by atoms with Crippen LogP contribution < -0.4 is 5.32 Å². The van der Waals surface area contributed by atoms with Crippen LogP contribution in [0.5, 0.6) is 0 Å². The molecule has 2 aromatic rings. The Morgan fingerprint density at radius 3 is 2.89 bits per heavy atom. The zero-order valence-electron chi connectivity index (χ0n) is 9.36. The molecule has 2 rings (SSSR count). The zero-order chi connectivity index (χ0) is 13.1. The Hall–Kier alpha value is -2.95. The summed E-state index contributed by atoms with van der Waals surface area (Å²) in [6.45, 7) is 0. The fourth-order valence-electron chi connectivity index (χ4n) is 1.37. The Labute approximate surface area is 102 Å². The van der Waals surface area contributed by atoms with E-state index in [0.29, 0.717) is 5.69 Å². The maximum absolute atomic E-state index is 10.9. The summed E-state index contributed by atoms with van der Waals surface area (Å²) in [7, 11) is 1.73. The van der Waals surface area contributed by atoms with Crippen LogP contribution in [-0.2, 0) is 7.05 Å². The highest BCUT2D eigenvalue weighted by atomic mass is 16.6. The van der Waals surface area contributed by atoms with Crippen molar-refractivity contribution in [1.82, 2.24) is 14.8 Å². The van der Waals surface area contributed by atoms with Crippen molar-refractivity contribution in [1.29, 1.82) is 5.26 Å². The molecule has 0 spiro atoms. The van der Waals surface area contributed by atoms with E-state index in [9.17, 15) is 10.1 Å². The molecule has 0 aliphatic carbocycles. The molecule has 0 unspecified atom stereocenters. The van der Waals surface area contributed by atoms with E-state index in [4.69, 9.17) is 5.26 Å². The van der Waals surface area contributed by atoms with Crippen LogP contribution in [0.15, 0.2) is 24.7 Å². The summed E-state index contributed by atoms with van der Waals surface area (Å²) in [6.07, 6.45) is 4.44. The Morgan fingerprint density at radius 2 is 2.33 bits per heavy atom. The van der Waals surface area contributed by atoms with Gasteiger partial charge in [0.2, 0.25) is 5.82 Å². The first-order valence-corrected chi connectivity index (χ1v) is 4.90. The van der Waals surface area contributed by atoms with Gasteiger partial charge in [-0.05, 0) is 0 Å². The Morgan fingerprint density at radius 1 is 1.56 bits per heavy atom. The summed E-state index contributed by atoms with van der Waals surface area (Å²) in [5.74, 6) is 0.0759. The molecule has 0 radical (unpaired) electrons. The molecule has 8 heteroatoms. The van der Waals surface area contributed by atoms with Crippen molar-refractivity contribution in [2.75, 3.05) is 5.32 Å². The molecule has 1 N–H and O–H groups in total. The van der Waals surface area contributed by atoms with Crippen molar-refractivity contribution >= 4 is 17.2 Å². The Balaban J connectivity index is 2.38. The third-order valence-corrected chi connectivity index (χ3v) is 2.16. The van der Waals surface area contributed by atoms with Crippen LogP contribution >= 0.6 is 0 Å². The smallest absolute Gasteiger partial charge is 0.313 e. The highest BCUT2D eigenvalue weighted by Crippen LogP contribution is 2.25. The first kappa shape index (κ1) is 11.5. The van der Waals surface area contributed by atoms with Crippen molar-refractivity contribution in [3.63, 3.8) is 0 Å². The van der Waals surface area contributed by atoms with Gasteiger partial charge in [-0.3, -0.25) is 14.8 Å². The lowest BCUT2D eigenvalue weighted by molar-refractivity contribution is -0.384. The van der Waals surface area contributed by atoms with E-state index in [0.717, 1.165) is 0 Å². The van der Waals surface area contributed by atoms with Crippen LogP contribution in [0.4, 0.5) is 17.2 Å².